The number of ether oxygens (including phenoxy) is 1. The number of carbonyl (C=O) groups is 1. The smallest absolute Gasteiger partial charge is 0.319 e. The number of likely N-dealkylation sites (tertiary alicyclic amines) is 1. The molecule has 0 spiro atoms. The van der Waals surface area contributed by atoms with Crippen LogP contribution < -0.4 is 15.4 Å². The van der Waals surface area contributed by atoms with Crippen LogP contribution in [0.15, 0.2) is 31.0 Å². The van der Waals surface area contributed by atoms with Crippen molar-refractivity contribution >= 4 is 49.1 Å². The lowest BCUT2D eigenvalue weighted by molar-refractivity contribution is -0.126. The maximum absolute atomic E-state index is 16.3. The van der Waals surface area contributed by atoms with Crippen molar-refractivity contribution in [2.45, 2.75) is 32.4 Å². The second kappa shape index (κ2) is 10.1. The van der Waals surface area contributed by atoms with Gasteiger partial charge in [-0.3, -0.25) is 9.78 Å². The number of nitriles is 1. The van der Waals surface area contributed by atoms with Gasteiger partial charge in [-0.1, -0.05) is 6.58 Å². The van der Waals surface area contributed by atoms with E-state index in [-0.39, 0.29) is 68.0 Å². The molecule has 1 aromatic carbocycles. The summed E-state index contributed by atoms with van der Waals surface area (Å²) < 4.78 is 36.6. The number of nitrogens with zero attached hydrogens (tertiary/aromatic N) is 6. The van der Waals surface area contributed by atoms with Crippen LogP contribution in [0, 0.1) is 23.0 Å². The van der Waals surface area contributed by atoms with E-state index < -0.39 is 11.6 Å². The number of aromatic nitrogens is 3. The molecule has 1 fully saturated rings. The van der Waals surface area contributed by atoms with E-state index in [0.29, 0.717) is 24.2 Å². The van der Waals surface area contributed by atoms with Gasteiger partial charge in [-0.05, 0) is 38.5 Å². The first-order valence-corrected chi connectivity index (χ1v) is 13.1. The van der Waals surface area contributed by atoms with Gasteiger partial charge in [0.25, 0.3) is 0 Å². The highest BCUT2D eigenvalue weighted by molar-refractivity contribution is 7.23. The summed E-state index contributed by atoms with van der Waals surface area (Å²) >= 11 is 0.925. The second-order valence-corrected chi connectivity index (χ2v) is 10.2. The Kier molecular flexibility index (Phi) is 6.78. The van der Waals surface area contributed by atoms with E-state index in [1.165, 1.54) is 24.4 Å². The monoisotopic (exact) mass is 549 g/mol. The summed E-state index contributed by atoms with van der Waals surface area (Å²) in [6.07, 6.45) is 3.42. The molecule has 1 amide bonds. The molecule has 1 unspecified atom stereocenters. The number of halogens is 2. The summed E-state index contributed by atoms with van der Waals surface area (Å²) in [5.41, 5.74) is 6.12. The van der Waals surface area contributed by atoms with E-state index in [1.54, 1.807) is 11.8 Å². The molecule has 0 radical (unpaired) electrons. The number of pyridine rings is 1. The lowest BCUT2D eigenvalue weighted by Gasteiger charge is -2.31. The number of hydrogen-bond donors (Lipinski definition) is 1. The lowest BCUT2D eigenvalue weighted by atomic mass is 10.0. The first kappa shape index (κ1) is 26.2. The average Bonchev–Trinajstić information content (AvgIpc) is 3.48. The van der Waals surface area contributed by atoms with Crippen LogP contribution in [0.25, 0.3) is 32.2 Å². The van der Waals surface area contributed by atoms with Crippen molar-refractivity contribution in [1.82, 2.24) is 19.9 Å². The lowest BCUT2D eigenvalue weighted by Crippen LogP contribution is -2.43. The van der Waals surface area contributed by atoms with Gasteiger partial charge in [-0.2, -0.15) is 15.2 Å². The number of rotatable bonds is 6. The Labute approximate surface area is 227 Å². The molecule has 2 N–H and O–H groups in total. The van der Waals surface area contributed by atoms with Crippen LogP contribution in [-0.4, -0.2) is 58.0 Å². The fraction of sp³-hybridized carbons (Fsp3) is 0.296. The van der Waals surface area contributed by atoms with Gasteiger partial charge in [-0.15, -0.1) is 11.3 Å². The first-order chi connectivity index (χ1) is 18.7. The van der Waals surface area contributed by atoms with Crippen molar-refractivity contribution in [2.75, 3.05) is 30.8 Å². The van der Waals surface area contributed by atoms with E-state index in [0.717, 1.165) is 11.3 Å². The number of nitrogens with two attached hydrogens (primary N) is 1. The Morgan fingerprint density at radius 2 is 2.18 bits per heavy atom. The molecular formula is C27H25F2N7O2S. The number of carbonyl (C=O) groups excluding carboxylic acids is 1. The number of nitrogen functional groups attached to an aromatic ring is 1. The highest BCUT2D eigenvalue weighted by Gasteiger charge is 2.37. The fourth-order valence-corrected chi connectivity index (χ4v) is 6.15. The van der Waals surface area contributed by atoms with Gasteiger partial charge in [0, 0.05) is 36.8 Å². The number of likely N-dealkylation sites (N-methyl/N-ethyl adjacent to an activating group) is 1. The van der Waals surface area contributed by atoms with Gasteiger partial charge in [-0.25, -0.2) is 8.78 Å². The van der Waals surface area contributed by atoms with Crippen LogP contribution in [0.5, 0.6) is 6.01 Å². The van der Waals surface area contributed by atoms with Gasteiger partial charge in [0.15, 0.2) is 5.82 Å². The molecule has 1 aliphatic heterocycles. The maximum atomic E-state index is 16.3. The van der Waals surface area contributed by atoms with Crippen LogP contribution in [0.3, 0.4) is 0 Å². The third kappa shape index (κ3) is 4.19. The van der Waals surface area contributed by atoms with Crippen LogP contribution in [-0.2, 0) is 4.79 Å². The van der Waals surface area contributed by atoms with Gasteiger partial charge in [0.2, 0.25) is 5.91 Å². The Morgan fingerprint density at radius 1 is 1.41 bits per heavy atom. The predicted octanol–water partition coefficient (Wildman–Crippen LogP) is 4.65. The standard InChI is InChI=1S/C27H25F2N7O2S/c1-5-19(37)36-10-9-18(13(36)3)35(4)26-16-12-32-22(21(29)23(16)33-27(34-26)38-6-2)14-7-8-17(28)24-20(14)15(11-30)25(31)39-24/h5,7-8,12-13,18H,1,6,9-10,31H2,2-4H3/t13-,18?/m1/s1. The minimum atomic E-state index is -0.769. The van der Waals surface area contributed by atoms with Crippen molar-refractivity contribution in [3.8, 4) is 23.3 Å². The van der Waals surface area contributed by atoms with Crippen LogP contribution in [0.2, 0.25) is 0 Å². The number of benzene rings is 1. The second-order valence-electron chi connectivity index (χ2n) is 9.14. The zero-order chi connectivity index (χ0) is 28.0. The molecule has 5 rings (SSSR count). The van der Waals surface area contributed by atoms with Crippen LogP contribution >= 0.6 is 11.3 Å². The van der Waals surface area contributed by atoms with E-state index in [4.69, 9.17) is 10.5 Å². The number of fused-ring (bicyclic) bond motifs is 2. The molecule has 0 aliphatic carbocycles. The first-order valence-electron chi connectivity index (χ1n) is 12.3. The molecule has 2 atom stereocenters. The molecule has 1 aliphatic rings. The topological polar surface area (TPSA) is 121 Å². The van der Waals surface area contributed by atoms with E-state index >= 15 is 4.39 Å². The number of anilines is 2. The maximum Gasteiger partial charge on any atom is 0.319 e. The summed E-state index contributed by atoms with van der Waals surface area (Å²) in [6, 6.07) is 4.28. The van der Waals surface area contributed by atoms with Gasteiger partial charge in [0.1, 0.15) is 33.9 Å². The Morgan fingerprint density at radius 3 is 2.87 bits per heavy atom. The third-order valence-corrected chi connectivity index (χ3v) is 8.13. The van der Waals surface area contributed by atoms with E-state index in [1.807, 2.05) is 24.9 Å². The molecule has 200 valence electrons. The molecule has 9 nitrogen and oxygen atoms in total. The number of amides is 1. The van der Waals surface area contributed by atoms with Gasteiger partial charge < -0.3 is 20.3 Å². The van der Waals surface area contributed by atoms with Crippen molar-refractivity contribution in [2.24, 2.45) is 0 Å². The molecule has 4 aromatic rings. The molecule has 0 bridgehead atoms. The molecular weight excluding hydrogens is 524 g/mol. The minimum Gasteiger partial charge on any atom is -0.464 e. The zero-order valence-corrected chi connectivity index (χ0v) is 22.4. The van der Waals surface area contributed by atoms with E-state index in [2.05, 4.69) is 21.5 Å². The Bertz CT molecular complexity index is 1680. The Balaban J connectivity index is 1.69. The normalized spacial score (nSPS) is 17.0. The molecule has 39 heavy (non-hydrogen) atoms. The SMILES string of the molecule is C=CC(=O)N1CCC(N(C)c2nc(OCC)nc3c(F)c(-c4ccc(F)c5sc(N)c(C#N)c45)ncc23)[C@H]1C. The van der Waals surface area contributed by atoms with Crippen molar-refractivity contribution in [3.05, 3.63) is 48.2 Å². The van der Waals surface area contributed by atoms with Gasteiger partial charge >= 0.3 is 6.01 Å². The summed E-state index contributed by atoms with van der Waals surface area (Å²) in [4.78, 5) is 29.2. The highest BCUT2D eigenvalue weighted by Crippen LogP contribution is 2.42. The molecule has 4 heterocycles. The third-order valence-electron chi connectivity index (χ3n) is 7.11. The molecule has 3 aromatic heterocycles. The van der Waals surface area contributed by atoms with Crippen molar-refractivity contribution in [3.63, 3.8) is 0 Å². The minimum absolute atomic E-state index is 0.0191. The quantitative estimate of drug-likeness (QED) is 0.345. The van der Waals surface area contributed by atoms with Crippen molar-refractivity contribution in [1.29, 1.82) is 5.26 Å². The number of thiophene rings is 1. The summed E-state index contributed by atoms with van der Waals surface area (Å²) in [5.74, 6) is -1.09. The van der Waals surface area contributed by atoms with Gasteiger partial charge in [0.05, 0.1) is 28.3 Å². The largest absolute Gasteiger partial charge is 0.464 e. The molecule has 1 saturated heterocycles. The summed E-state index contributed by atoms with van der Waals surface area (Å²) in [6.45, 7) is 8.10. The Hall–Kier alpha value is -4.37. The number of hydrogen-bond acceptors (Lipinski definition) is 9. The zero-order valence-electron chi connectivity index (χ0n) is 21.5. The van der Waals surface area contributed by atoms with Crippen LogP contribution in [0.1, 0.15) is 25.8 Å². The predicted molar refractivity (Wildman–Crippen MR) is 147 cm³/mol. The summed E-state index contributed by atoms with van der Waals surface area (Å²) in [7, 11) is 1.82. The summed E-state index contributed by atoms with van der Waals surface area (Å²) in [5, 5.41) is 10.3. The molecule has 0 saturated carbocycles. The fourth-order valence-electron chi connectivity index (χ4n) is 5.20. The molecule has 12 heteroatoms. The highest BCUT2D eigenvalue weighted by atomic mass is 32.1. The van der Waals surface area contributed by atoms with Crippen LogP contribution in [0.4, 0.5) is 19.6 Å². The van der Waals surface area contributed by atoms with E-state index in [9.17, 15) is 14.4 Å². The average molecular weight is 550 g/mol. The van der Waals surface area contributed by atoms with Crippen molar-refractivity contribution < 1.29 is 18.3 Å².